The normalized spacial score (nSPS) is 17.5. The van der Waals surface area contributed by atoms with E-state index >= 15 is 0 Å². The maximum atomic E-state index is 12.2. The molecule has 7 heteroatoms. The molecule has 1 N–H and O–H groups in total. The van der Waals surface area contributed by atoms with Crippen molar-refractivity contribution in [3.05, 3.63) is 28.7 Å². The van der Waals surface area contributed by atoms with E-state index in [9.17, 15) is 4.79 Å². The van der Waals surface area contributed by atoms with Crippen molar-refractivity contribution in [2.75, 3.05) is 18.4 Å². The van der Waals surface area contributed by atoms with Gasteiger partial charge in [-0.2, -0.15) is 0 Å². The van der Waals surface area contributed by atoms with Gasteiger partial charge in [-0.3, -0.25) is 4.79 Å². The van der Waals surface area contributed by atoms with E-state index in [4.69, 9.17) is 0 Å². The van der Waals surface area contributed by atoms with Crippen LogP contribution < -0.4 is 5.32 Å². The fourth-order valence-corrected chi connectivity index (χ4v) is 3.62. The Hall–Kier alpha value is -2.02. The van der Waals surface area contributed by atoms with Crippen molar-refractivity contribution >= 4 is 28.2 Å². The third-order valence-electron chi connectivity index (χ3n) is 4.13. The van der Waals surface area contributed by atoms with E-state index in [0.717, 1.165) is 46.9 Å². The predicted molar refractivity (Wildman–Crippen MR) is 95.7 cm³/mol. The van der Waals surface area contributed by atoms with E-state index in [2.05, 4.69) is 20.3 Å². The van der Waals surface area contributed by atoms with Crippen LogP contribution >= 0.6 is 11.3 Å². The van der Waals surface area contributed by atoms with Crippen molar-refractivity contribution < 1.29 is 4.79 Å². The highest BCUT2D eigenvalue weighted by Crippen LogP contribution is 2.29. The fourth-order valence-electron chi connectivity index (χ4n) is 2.95. The molecule has 1 fully saturated rings. The van der Waals surface area contributed by atoms with Crippen LogP contribution in [0.3, 0.4) is 0 Å². The van der Waals surface area contributed by atoms with Crippen LogP contribution in [0.2, 0.25) is 0 Å². The number of hydrogen-bond donors (Lipinski definition) is 1. The summed E-state index contributed by atoms with van der Waals surface area (Å²) in [6.45, 7) is 9.36. The zero-order valence-corrected chi connectivity index (χ0v) is 15.4. The van der Waals surface area contributed by atoms with Gasteiger partial charge in [0.05, 0.1) is 5.69 Å². The molecule has 128 valence electrons. The third kappa shape index (κ3) is 3.72. The number of anilines is 2. The summed E-state index contributed by atoms with van der Waals surface area (Å²) in [7, 11) is 0. The molecule has 0 aliphatic carbocycles. The molecule has 2 aromatic heterocycles. The van der Waals surface area contributed by atoms with E-state index in [1.165, 1.54) is 0 Å². The second-order valence-corrected chi connectivity index (χ2v) is 7.79. The highest BCUT2D eigenvalue weighted by atomic mass is 32.1. The first-order chi connectivity index (χ1) is 11.4. The number of nitrogens with one attached hydrogen (secondary N) is 1. The molecule has 3 rings (SSSR count). The van der Waals surface area contributed by atoms with Crippen LogP contribution in [0, 0.1) is 19.8 Å². The smallest absolute Gasteiger partial charge is 0.225 e. The topological polar surface area (TPSA) is 71.0 Å². The lowest BCUT2D eigenvalue weighted by Gasteiger charge is -2.18. The highest BCUT2D eigenvalue weighted by Gasteiger charge is 2.29. The van der Waals surface area contributed by atoms with E-state index in [0.29, 0.717) is 0 Å². The van der Waals surface area contributed by atoms with Gasteiger partial charge in [0.15, 0.2) is 5.13 Å². The van der Waals surface area contributed by atoms with E-state index < -0.39 is 0 Å². The van der Waals surface area contributed by atoms with Gasteiger partial charge in [0.25, 0.3) is 0 Å². The molecule has 0 spiro atoms. The molecule has 0 radical (unpaired) electrons. The Morgan fingerprint density at radius 2 is 2.17 bits per heavy atom. The lowest BCUT2D eigenvalue weighted by Crippen LogP contribution is -2.32. The maximum absolute atomic E-state index is 12.2. The van der Waals surface area contributed by atoms with Gasteiger partial charge >= 0.3 is 0 Å². The van der Waals surface area contributed by atoms with Crippen molar-refractivity contribution in [2.45, 2.75) is 40.0 Å². The van der Waals surface area contributed by atoms with Crippen molar-refractivity contribution in [1.29, 1.82) is 0 Å². The molecule has 6 nitrogen and oxygen atoms in total. The second-order valence-electron chi connectivity index (χ2n) is 6.55. The van der Waals surface area contributed by atoms with Gasteiger partial charge in [0.2, 0.25) is 5.91 Å². The summed E-state index contributed by atoms with van der Waals surface area (Å²) in [5, 5.41) is 4.09. The first kappa shape index (κ1) is 16.8. The fraction of sp³-hybridized carbons (Fsp3) is 0.529. The van der Waals surface area contributed by atoms with Crippen LogP contribution in [-0.4, -0.2) is 38.8 Å². The minimum absolute atomic E-state index is 0.0428. The summed E-state index contributed by atoms with van der Waals surface area (Å²) >= 11 is 1.60. The van der Waals surface area contributed by atoms with Gasteiger partial charge in [0, 0.05) is 42.1 Å². The SMILES string of the molecule is Cc1nc(Nc2ncc(C)s2)cc(C2CCN(C(=O)C(C)C)C2)n1. The van der Waals surface area contributed by atoms with Crippen molar-refractivity contribution in [1.82, 2.24) is 19.9 Å². The Balaban J connectivity index is 1.76. The van der Waals surface area contributed by atoms with Gasteiger partial charge in [-0.05, 0) is 20.3 Å². The molecule has 0 saturated carbocycles. The van der Waals surface area contributed by atoms with Crippen LogP contribution in [0.25, 0.3) is 0 Å². The number of carbonyl (C=O) groups excluding carboxylic acids is 1. The second kappa shape index (κ2) is 6.84. The molecule has 1 aliphatic heterocycles. The summed E-state index contributed by atoms with van der Waals surface area (Å²) in [4.78, 5) is 28.6. The Morgan fingerprint density at radius 3 is 2.83 bits per heavy atom. The van der Waals surface area contributed by atoms with E-state index in [1.54, 1.807) is 11.3 Å². The summed E-state index contributed by atoms with van der Waals surface area (Å²) in [6, 6.07) is 1.98. The molecule has 1 aliphatic rings. The molecule has 3 heterocycles. The van der Waals surface area contributed by atoms with Gasteiger partial charge in [-0.1, -0.05) is 13.8 Å². The van der Waals surface area contributed by atoms with Gasteiger partial charge in [-0.25, -0.2) is 15.0 Å². The lowest BCUT2D eigenvalue weighted by molar-refractivity contribution is -0.133. The number of thiazole rings is 1. The summed E-state index contributed by atoms with van der Waals surface area (Å²) in [5.74, 6) is 2.03. The predicted octanol–water partition coefficient (Wildman–Crippen LogP) is 3.27. The number of likely N-dealkylation sites (tertiary alicyclic amines) is 1. The van der Waals surface area contributed by atoms with Gasteiger partial charge in [0.1, 0.15) is 11.6 Å². The number of aryl methyl sites for hydroxylation is 2. The first-order valence-electron chi connectivity index (χ1n) is 8.26. The number of carbonyl (C=O) groups is 1. The zero-order chi connectivity index (χ0) is 17.3. The number of aromatic nitrogens is 3. The van der Waals surface area contributed by atoms with E-state index in [-0.39, 0.29) is 17.7 Å². The summed E-state index contributed by atoms with van der Waals surface area (Å²) < 4.78 is 0. The average molecular weight is 345 g/mol. The minimum atomic E-state index is 0.0428. The molecule has 2 aromatic rings. The monoisotopic (exact) mass is 345 g/mol. The van der Waals surface area contributed by atoms with E-state index in [1.807, 2.05) is 44.9 Å². The zero-order valence-electron chi connectivity index (χ0n) is 14.5. The van der Waals surface area contributed by atoms with Crippen molar-refractivity contribution in [2.24, 2.45) is 5.92 Å². The third-order valence-corrected chi connectivity index (χ3v) is 4.95. The number of rotatable bonds is 4. The van der Waals surface area contributed by atoms with Crippen molar-refractivity contribution in [3.63, 3.8) is 0 Å². The number of nitrogens with zero attached hydrogens (tertiary/aromatic N) is 4. The molecule has 1 atom stereocenters. The Labute approximate surface area is 146 Å². The molecule has 1 saturated heterocycles. The van der Waals surface area contributed by atoms with Crippen LogP contribution in [0.1, 0.15) is 42.6 Å². The number of hydrogen-bond acceptors (Lipinski definition) is 6. The Kier molecular flexibility index (Phi) is 4.80. The first-order valence-corrected chi connectivity index (χ1v) is 9.08. The Morgan fingerprint density at radius 1 is 1.38 bits per heavy atom. The van der Waals surface area contributed by atoms with Gasteiger partial charge in [-0.15, -0.1) is 11.3 Å². The highest BCUT2D eigenvalue weighted by molar-refractivity contribution is 7.15. The van der Waals surface area contributed by atoms with Gasteiger partial charge < -0.3 is 10.2 Å². The molecule has 0 aromatic carbocycles. The minimum Gasteiger partial charge on any atom is -0.342 e. The Bertz CT molecular complexity index is 742. The largest absolute Gasteiger partial charge is 0.342 e. The van der Waals surface area contributed by atoms with Crippen LogP contribution in [-0.2, 0) is 4.79 Å². The molecular weight excluding hydrogens is 322 g/mol. The standard InChI is InChI=1S/C17H23N5OS/c1-10(2)16(23)22-6-5-13(9-22)14-7-15(20-12(4)19-14)21-17-18-8-11(3)24-17/h7-8,10,13H,5-6,9H2,1-4H3,(H,18,19,20,21). The summed E-state index contributed by atoms with van der Waals surface area (Å²) in [6.07, 6.45) is 2.79. The molecule has 1 amide bonds. The van der Waals surface area contributed by atoms with Crippen LogP contribution in [0.4, 0.5) is 10.9 Å². The van der Waals surface area contributed by atoms with Crippen LogP contribution in [0.5, 0.6) is 0 Å². The molecule has 0 bridgehead atoms. The quantitative estimate of drug-likeness (QED) is 0.921. The summed E-state index contributed by atoms with van der Waals surface area (Å²) in [5.41, 5.74) is 0.998. The molecule has 1 unspecified atom stereocenters. The maximum Gasteiger partial charge on any atom is 0.225 e. The average Bonchev–Trinajstić information content (AvgIpc) is 3.15. The number of amides is 1. The lowest BCUT2D eigenvalue weighted by atomic mass is 10.0. The molecular formula is C17H23N5OS. The van der Waals surface area contributed by atoms with Crippen LogP contribution in [0.15, 0.2) is 12.3 Å². The van der Waals surface area contributed by atoms with Crippen molar-refractivity contribution in [3.8, 4) is 0 Å². The molecule has 24 heavy (non-hydrogen) atoms.